The molecule has 6 nitrogen and oxygen atoms in total. The van der Waals surface area contributed by atoms with E-state index in [0.717, 1.165) is 12.8 Å². The first-order valence-corrected chi connectivity index (χ1v) is 7.96. The van der Waals surface area contributed by atoms with Crippen LogP contribution in [0.5, 0.6) is 0 Å². The average molecular weight is 311 g/mol. The van der Waals surface area contributed by atoms with Gasteiger partial charge in [0.25, 0.3) is 0 Å². The second kappa shape index (κ2) is 6.26. The van der Waals surface area contributed by atoms with Gasteiger partial charge in [0.15, 0.2) is 5.78 Å². The van der Waals surface area contributed by atoms with Gasteiger partial charge in [0.05, 0.1) is 12.6 Å². The number of hydrogen-bond acceptors (Lipinski definition) is 5. The Labute approximate surface area is 131 Å². The number of nitrogens with zero attached hydrogens (tertiary/aromatic N) is 1. The summed E-state index contributed by atoms with van der Waals surface area (Å²) in [7, 11) is 0. The maximum absolute atomic E-state index is 12.6. The molecule has 0 radical (unpaired) electrons. The standard InChI is InChI=1S/C16H25NO5/c1-5-21-14(19)11-9-10-7-6-8-12(13(11)18)17(10)15(20)22-16(2,3)4/h10-12H,5-9H2,1-4H3/t10-,11?,12+/m0/s1. The van der Waals surface area contributed by atoms with Gasteiger partial charge in [0.1, 0.15) is 11.5 Å². The first kappa shape index (κ1) is 16.8. The highest BCUT2D eigenvalue weighted by Crippen LogP contribution is 2.36. The lowest BCUT2D eigenvalue weighted by atomic mass is 9.77. The summed E-state index contributed by atoms with van der Waals surface area (Å²) in [5.41, 5.74) is -0.605. The number of piperidine rings is 2. The largest absolute Gasteiger partial charge is 0.465 e. The smallest absolute Gasteiger partial charge is 0.411 e. The van der Waals surface area contributed by atoms with Crippen molar-refractivity contribution in [2.24, 2.45) is 5.92 Å². The lowest BCUT2D eigenvalue weighted by Crippen LogP contribution is -2.61. The van der Waals surface area contributed by atoms with Crippen LogP contribution >= 0.6 is 0 Å². The van der Waals surface area contributed by atoms with Crippen molar-refractivity contribution < 1.29 is 23.9 Å². The molecule has 0 aromatic heterocycles. The second-order valence-electron chi connectivity index (χ2n) is 6.93. The number of carbonyl (C=O) groups excluding carboxylic acids is 3. The third-order valence-corrected chi connectivity index (χ3v) is 4.10. The fourth-order valence-corrected chi connectivity index (χ4v) is 3.26. The van der Waals surface area contributed by atoms with Crippen molar-refractivity contribution >= 4 is 17.8 Å². The molecular formula is C16H25NO5. The molecule has 0 N–H and O–H groups in total. The van der Waals surface area contributed by atoms with Gasteiger partial charge >= 0.3 is 12.1 Å². The highest BCUT2D eigenvalue weighted by Gasteiger charge is 2.50. The minimum absolute atomic E-state index is 0.124. The number of carbonyl (C=O) groups is 3. The highest BCUT2D eigenvalue weighted by molar-refractivity contribution is 6.03. The summed E-state index contributed by atoms with van der Waals surface area (Å²) in [5.74, 6) is -1.41. The minimum Gasteiger partial charge on any atom is -0.465 e. The molecule has 1 unspecified atom stereocenters. The Bertz CT molecular complexity index is 468. The molecule has 6 heteroatoms. The van der Waals surface area contributed by atoms with Crippen molar-refractivity contribution in [1.29, 1.82) is 0 Å². The van der Waals surface area contributed by atoms with Crippen molar-refractivity contribution in [2.75, 3.05) is 6.61 Å². The summed E-state index contributed by atoms with van der Waals surface area (Å²) in [6.45, 7) is 7.38. The molecule has 2 aliphatic heterocycles. The summed E-state index contributed by atoms with van der Waals surface area (Å²) in [6.07, 6.45) is 2.14. The molecule has 2 saturated heterocycles. The van der Waals surface area contributed by atoms with Crippen LogP contribution in [0, 0.1) is 5.92 Å². The Balaban J connectivity index is 2.17. The molecule has 0 spiro atoms. The number of esters is 1. The van der Waals surface area contributed by atoms with Crippen LogP contribution in [0.3, 0.4) is 0 Å². The van der Waals surface area contributed by atoms with Crippen LogP contribution in [-0.4, -0.2) is 47.0 Å². The van der Waals surface area contributed by atoms with E-state index in [1.165, 1.54) is 0 Å². The van der Waals surface area contributed by atoms with Crippen LogP contribution < -0.4 is 0 Å². The predicted molar refractivity (Wildman–Crippen MR) is 79.2 cm³/mol. The van der Waals surface area contributed by atoms with E-state index < -0.39 is 29.6 Å². The summed E-state index contributed by atoms with van der Waals surface area (Å²) in [6, 6.07) is -0.683. The van der Waals surface area contributed by atoms with E-state index in [9.17, 15) is 14.4 Å². The molecule has 2 rings (SSSR count). The highest BCUT2D eigenvalue weighted by atomic mass is 16.6. The van der Waals surface area contributed by atoms with Gasteiger partial charge < -0.3 is 9.47 Å². The molecule has 0 saturated carbocycles. The fourth-order valence-electron chi connectivity index (χ4n) is 3.26. The van der Waals surface area contributed by atoms with Crippen LogP contribution in [-0.2, 0) is 19.1 Å². The van der Waals surface area contributed by atoms with Crippen molar-refractivity contribution in [3.05, 3.63) is 0 Å². The molecule has 0 aliphatic carbocycles. The maximum atomic E-state index is 12.6. The first-order valence-electron chi connectivity index (χ1n) is 7.96. The van der Waals surface area contributed by atoms with E-state index in [-0.39, 0.29) is 18.4 Å². The van der Waals surface area contributed by atoms with Crippen LogP contribution in [0.2, 0.25) is 0 Å². The summed E-state index contributed by atoms with van der Waals surface area (Å²) >= 11 is 0. The van der Waals surface area contributed by atoms with Gasteiger partial charge in [0, 0.05) is 6.04 Å². The maximum Gasteiger partial charge on any atom is 0.411 e. The molecule has 22 heavy (non-hydrogen) atoms. The van der Waals surface area contributed by atoms with E-state index >= 15 is 0 Å². The zero-order chi connectivity index (χ0) is 16.5. The van der Waals surface area contributed by atoms with E-state index in [4.69, 9.17) is 9.47 Å². The van der Waals surface area contributed by atoms with Gasteiger partial charge in [0.2, 0.25) is 0 Å². The third-order valence-electron chi connectivity index (χ3n) is 4.10. The molecular weight excluding hydrogens is 286 g/mol. The molecule has 2 bridgehead atoms. The molecule has 0 aromatic rings. The summed E-state index contributed by atoms with van der Waals surface area (Å²) in [4.78, 5) is 38.5. The molecule has 0 aromatic carbocycles. The molecule has 2 heterocycles. The second-order valence-corrected chi connectivity index (χ2v) is 6.93. The number of fused-ring (bicyclic) bond motifs is 2. The van der Waals surface area contributed by atoms with Crippen molar-refractivity contribution in [2.45, 2.75) is 71.1 Å². The van der Waals surface area contributed by atoms with Crippen molar-refractivity contribution in [1.82, 2.24) is 4.90 Å². The summed E-state index contributed by atoms with van der Waals surface area (Å²) in [5, 5.41) is 0. The first-order chi connectivity index (χ1) is 10.2. The Kier molecular flexibility index (Phi) is 4.78. The van der Waals surface area contributed by atoms with E-state index in [0.29, 0.717) is 12.8 Å². The van der Waals surface area contributed by atoms with Crippen LogP contribution in [0.25, 0.3) is 0 Å². The Morgan fingerprint density at radius 1 is 1.27 bits per heavy atom. The Morgan fingerprint density at radius 3 is 2.55 bits per heavy atom. The number of Topliss-reactive ketones (excluding diaryl/α,β-unsaturated/α-hetero) is 1. The summed E-state index contributed by atoms with van der Waals surface area (Å²) < 4.78 is 10.4. The topological polar surface area (TPSA) is 72.9 Å². The number of hydrogen-bond donors (Lipinski definition) is 0. The van der Waals surface area contributed by atoms with Gasteiger partial charge in [-0.25, -0.2) is 4.79 Å². The van der Waals surface area contributed by atoms with Gasteiger partial charge in [-0.1, -0.05) is 0 Å². The number of rotatable bonds is 2. The van der Waals surface area contributed by atoms with Crippen molar-refractivity contribution in [3.63, 3.8) is 0 Å². The fraction of sp³-hybridized carbons (Fsp3) is 0.812. The van der Waals surface area contributed by atoms with Gasteiger partial charge in [-0.3, -0.25) is 14.5 Å². The van der Waals surface area contributed by atoms with E-state index in [2.05, 4.69) is 0 Å². The molecule has 2 fully saturated rings. The number of ketones is 1. The number of ether oxygens (including phenoxy) is 2. The molecule has 2 aliphatic rings. The minimum atomic E-state index is -0.742. The average Bonchev–Trinajstić information content (AvgIpc) is 2.40. The lowest BCUT2D eigenvalue weighted by molar-refractivity contribution is -0.158. The molecule has 3 atom stereocenters. The normalized spacial score (nSPS) is 28.3. The molecule has 124 valence electrons. The monoisotopic (exact) mass is 311 g/mol. The van der Waals surface area contributed by atoms with Crippen LogP contribution in [0.1, 0.15) is 53.4 Å². The number of amides is 1. The van der Waals surface area contributed by atoms with Gasteiger partial charge in [-0.05, 0) is 53.4 Å². The zero-order valence-electron chi connectivity index (χ0n) is 13.8. The van der Waals surface area contributed by atoms with Crippen LogP contribution in [0.15, 0.2) is 0 Å². The van der Waals surface area contributed by atoms with Gasteiger partial charge in [-0.15, -0.1) is 0 Å². The quantitative estimate of drug-likeness (QED) is 0.578. The predicted octanol–water partition coefficient (Wildman–Crippen LogP) is 2.30. The van der Waals surface area contributed by atoms with Crippen LogP contribution in [0.4, 0.5) is 4.79 Å². The molecule has 1 amide bonds. The van der Waals surface area contributed by atoms with Gasteiger partial charge in [-0.2, -0.15) is 0 Å². The SMILES string of the molecule is CCOC(=O)C1C[C@@H]2CCC[C@H](C1=O)N2C(=O)OC(C)(C)C. The zero-order valence-corrected chi connectivity index (χ0v) is 13.8. The van der Waals surface area contributed by atoms with E-state index in [1.54, 1.807) is 32.6 Å². The van der Waals surface area contributed by atoms with E-state index in [1.807, 2.05) is 0 Å². The third kappa shape index (κ3) is 3.42. The lowest BCUT2D eigenvalue weighted by Gasteiger charge is -2.46. The Morgan fingerprint density at radius 2 is 1.95 bits per heavy atom. The van der Waals surface area contributed by atoms with Crippen molar-refractivity contribution in [3.8, 4) is 0 Å². The Hall–Kier alpha value is -1.59.